The third-order valence-electron chi connectivity index (χ3n) is 4.21. The first-order chi connectivity index (χ1) is 8.92. The smallest absolute Gasteiger partial charge is 0.162 e. The summed E-state index contributed by atoms with van der Waals surface area (Å²) < 4.78 is 26.6. The summed E-state index contributed by atoms with van der Waals surface area (Å²) in [6.07, 6.45) is 1.59. The van der Waals surface area contributed by atoms with Crippen molar-refractivity contribution in [1.82, 2.24) is 0 Å². The van der Waals surface area contributed by atoms with Crippen molar-refractivity contribution in [3.8, 4) is 0 Å². The fourth-order valence-electron chi connectivity index (χ4n) is 2.70. The highest BCUT2D eigenvalue weighted by Crippen LogP contribution is 2.35. The molecular formula is C15H20F2O2. The Morgan fingerprint density at radius 1 is 1.32 bits per heavy atom. The van der Waals surface area contributed by atoms with Gasteiger partial charge in [0.15, 0.2) is 11.6 Å². The van der Waals surface area contributed by atoms with Gasteiger partial charge in [-0.05, 0) is 43.2 Å². The maximum atomic E-state index is 13.5. The quantitative estimate of drug-likeness (QED) is 0.886. The molecule has 1 fully saturated rings. The van der Waals surface area contributed by atoms with Crippen LogP contribution in [0.5, 0.6) is 0 Å². The average molecular weight is 270 g/mol. The van der Waals surface area contributed by atoms with Gasteiger partial charge in [0, 0.05) is 6.42 Å². The summed E-state index contributed by atoms with van der Waals surface area (Å²) in [5, 5.41) is 20.6. The zero-order valence-corrected chi connectivity index (χ0v) is 11.1. The fraction of sp³-hybridized carbons (Fsp3) is 0.600. The van der Waals surface area contributed by atoms with Gasteiger partial charge in [0.1, 0.15) is 0 Å². The predicted octanol–water partition coefficient (Wildman–Crippen LogP) is 2.81. The Kier molecular flexibility index (Phi) is 4.21. The largest absolute Gasteiger partial charge is 0.390 e. The highest BCUT2D eigenvalue weighted by Gasteiger charge is 2.38. The van der Waals surface area contributed by atoms with Gasteiger partial charge in [-0.15, -0.1) is 0 Å². The van der Waals surface area contributed by atoms with Crippen LogP contribution >= 0.6 is 0 Å². The number of aliphatic hydroxyl groups excluding tert-OH is 1. The Morgan fingerprint density at radius 3 is 2.58 bits per heavy atom. The lowest BCUT2D eigenvalue weighted by Crippen LogP contribution is -2.46. The second-order valence-electron chi connectivity index (χ2n) is 5.72. The first kappa shape index (κ1) is 14.4. The summed E-state index contributed by atoms with van der Waals surface area (Å²) >= 11 is 0. The third-order valence-corrected chi connectivity index (χ3v) is 4.21. The van der Waals surface area contributed by atoms with Crippen LogP contribution in [-0.2, 0) is 6.42 Å². The van der Waals surface area contributed by atoms with E-state index >= 15 is 0 Å². The lowest BCUT2D eigenvalue weighted by Gasteiger charge is -2.38. The van der Waals surface area contributed by atoms with E-state index in [1.54, 1.807) is 0 Å². The summed E-state index contributed by atoms with van der Waals surface area (Å²) in [6, 6.07) is 3.89. The van der Waals surface area contributed by atoms with E-state index in [9.17, 15) is 19.0 Å². The molecule has 2 rings (SSSR count). The summed E-state index contributed by atoms with van der Waals surface area (Å²) in [6.45, 7) is 2.11. The minimum Gasteiger partial charge on any atom is -0.390 e. The molecule has 1 aliphatic carbocycles. The molecule has 0 amide bonds. The Balaban J connectivity index is 2.08. The van der Waals surface area contributed by atoms with E-state index in [-0.39, 0.29) is 12.0 Å². The molecule has 0 aliphatic heterocycles. The minimum atomic E-state index is -1.18. The second-order valence-corrected chi connectivity index (χ2v) is 5.72. The molecule has 1 aliphatic rings. The van der Waals surface area contributed by atoms with Crippen LogP contribution in [0.2, 0.25) is 0 Å². The molecule has 4 heteroatoms. The van der Waals surface area contributed by atoms with Crippen LogP contribution in [0.4, 0.5) is 8.78 Å². The molecule has 0 aromatic heterocycles. The van der Waals surface area contributed by atoms with Crippen LogP contribution in [0, 0.1) is 17.6 Å². The van der Waals surface area contributed by atoms with E-state index in [0.717, 1.165) is 18.9 Å². The number of hydrogen-bond donors (Lipinski definition) is 2. The van der Waals surface area contributed by atoms with Crippen molar-refractivity contribution in [3.05, 3.63) is 35.4 Å². The first-order valence-electron chi connectivity index (χ1n) is 6.76. The number of benzene rings is 1. The van der Waals surface area contributed by atoms with Crippen LogP contribution < -0.4 is 0 Å². The van der Waals surface area contributed by atoms with Gasteiger partial charge in [0.2, 0.25) is 0 Å². The van der Waals surface area contributed by atoms with Gasteiger partial charge in [0.25, 0.3) is 0 Å². The fourth-order valence-corrected chi connectivity index (χ4v) is 2.70. The number of aliphatic hydroxyl groups is 2. The molecule has 0 spiro atoms. The molecule has 106 valence electrons. The summed E-state index contributed by atoms with van der Waals surface area (Å²) in [5.74, 6) is -1.32. The molecule has 1 aromatic rings. The minimum absolute atomic E-state index is 0.0610. The first-order valence-corrected chi connectivity index (χ1v) is 6.76. The zero-order valence-electron chi connectivity index (χ0n) is 11.1. The molecule has 0 radical (unpaired) electrons. The van der Waals surface area contributed by atoms with Crippen molar-refractivity contribution >= 4 is 0 Å². The van der Waals surface area contributed by atoms with E-state index in [2.05, 4.69) is 6.92 Å². The van der Waals surface area contributed by atoms with Crippen LogP contribution in [0.15, 0.2) is 18.2 Å². The van der Waals surface area contributed by atoms with E-state index in [4.69, 9.17) is 0 Å². The third kappa shape index (κ3) is 3.12. The molecule has 0 bridgehead atoms. The average Bonchev–Trinajstić information content (AvgIpc) is 2.38. The van der Waals surface area contributed by atoms with Gasteiger partial charge >= 0.3 is 0 Å². The van der Waals surface area contributed by atoms with Crippen molar-refractivity contribution in [1.29, 1.82) is 0 Å². The highest BCUT2D eigenvalue weighted by atomic mass is 19.2. The van der Waals surface area contributed by atoms with Gasteiger partial charge in [-0.1, -0.05) is 19.1 Å². The van der Waals surface area contributed by atoms with E-state index in [1.165, 1.54) is 12.1 Å². The Hall–Kier alpha value is -1.00. The lowest BCUT2D eigenvalue weighted by atomic mass is 9.75. The Bertz CT molecular complexity index is 440. The Labute approximate surface area is 112 Å². The maximum absolute atomic E-state index is 13.5. The predicted molar refractivity (Wildman–Crippen MR) is 68.7 cm³/mol. The Morgan fingerprint density at radius 2 is 1.95 bits per heavy atom. The standard InChI is InChI=1S/C15H20F2O2/c1-10-5-7-15(19,8-6-10)13(18)9-11-3-2-4-12(16)14(11)17/h2-4,10,13,18-19H,5-9H2,1H3. The summed E-state index contributed by atoms with van der Waals surface area (Å²) in [5.41, 5.74) is -1.06. The SMILES string of the molecule is CC1CCC(O)(C(O)Cc2cccc(F)c2F)CC1. The van der Waals surface area contributed by atoms with Gasteiger partial charge in [-0.25, -0.2) is 8.78 Å². The van der Waals surface area contributed by atoms with Crippen LogP contribution in [-0.4, -0.2) is 21.9 Å². The van der Waals surface area contributed by atoms with Gasteiger partial charge in [0.05, 0.1) is 11.7 Å². The van der Waals surface area contributed by atoms with Crippen LogP contribution in [0.1, 0.15) is 38.2 Å². The van der Waals surface area contributed by atoms with Gasteiger partial charge in [-0.2, -0.15) is 0 Å². The number of hydrogen-bond acceptors (Lipinski definition) is 2. The van der Waals surface area contributed by atoms with Crippen molar-refractivity contribution < 1.29 is 19.0 Å². The molecule has 1 saturated carbocycles. The van der Waals surface area contributed by atoms with E-state index in [1.807, 2.05) is 0 Å². The summed E-state index contributed by atoms with van der Waals surface area (Å²) in [7, 11) is 0. The maximum Gasteiger partial charge on any atom is 0.162 e. The molecule has 1 aromatic carbocycles. The molecular weight excluding hydrogens is 250 g/mol. The van der Waals surface area contributed by atoms with Crippen molar-refractivity contribution in [2.75, 3.05) is 0 Å². The highest BCUT2D eigenvalue weighted by molar-refractivity contribution is 5.20. The van der Waals surface area contributed by atoms with Crippen molar-refractivity contribution in [3.63, 3.8) is 0 Å². The van der Waals surface area contributed by atoms with E-state index < -0.39 is 23.3 Å². The molecule has 2 nitrogen and oxygen atoms in total. The molecule has 2 N–H and O–H groups in total. The molecule has 19 heavy (non-hydrogen) atoms. The number of halogens is 2. The monoisotopic (exact) mass is 270 g/mol. The number of rotatable bonds is 3. The van der Waals surface area contributed by atoms with Crippen molar-refractivity contribution in [2.45, 2.75) is 50.7 Å². The van der Waals surface area contributed by atoms with Gasteiger partial charge in [-0.3, -0.25) is 0 Å². The lowest BCUT2D eigenvalue weighted by molar-refractivity contribution is -0.102. The normalized spacial score (nSPS) is 29.2. The molecule has 0 heterocycles. The van der Waals surface area contributed by atoms with Crippen LogP contribution in [0.3, 0.4) is 0 Å². The van der Waals surface area contributed by atoms with Gasteiger partial charge < -0.3 is 10.2 Å². The molecule has 1 atom stereocenters. The second kappa shape index (κ2) is 5.55. The zero-order chi connectivity index (χ0) is 14.0. The molecule has 1 unspecified atom stereocenters. The van der Waals surface area contributed by atoms with Crippen molar-refractivity contribution in [2.24, 2.45) is 5.92 Å². The molecule has 0 saturated heterocycles. The van der Waals surface area contributed by atoms with E-state index in [0.29, 0.717) is 18.8 Å². The van der Waals surface area contributed by atoms with Crippen LogP contribution in [0.25, 0.3) is 0 Å². The summed E-state index contributed by atoms with van der Waals surface area (Å²) in [4.78, 5) is 0. The topological polar surface area (TPSA) is 40.5 Å².